The molecule has 0 amide bonds. The molecule has 0 aliphatic rings. The average Bonchev–Trinajstić information content (AvgIpc) is 2.40. The first-order valence-corrected chi connectivity index (χ1v) is 9.12. The Morgan fingerprint density at radius 3 is 1.14 bits per heavy atom. The van der Waals surface area contributed by atoms with Crippen LogP contribution >= 0.6 is 0 Å². The molecule has 22 heavy (non-hydrogen) atoms. The third kappa shape index (κ3) is 75.1. The third-order valence-electron chi connectivity index (χ3n) is 1.25. The minimum Gasteiger partial charge on any atom is -0.0683 e. The van der Waals surface area contributed by atoms with Crippen LogP contribution in [0.3, 0.4) is 0 Å². The van der Waals surface area contributed by atoms with Crippen molar-refractivity contribution in [1.82, 2.24) is 0 Å². The number of hydrogen-bond donors (Lipinski definition) is 0. The smallest absolute Gasteiger partial charge is 0.0307 e. The van der Waals surface area contributed by atoms with E-state index in [1.807, 2.05) is 19.9 Å². The molecule has 0 bridgehead atoms. The zero-order valence-electron chi connectivity index (χ0n) is 17.9. The van der Waals surface area contributed by atoms with Crippen molar-refractivity contribution >= 4 is 0 Å². The number of benzene rings is 1. The average molecular weight is 311 g/mol. The Bertz CT molecular complexity index is 242. The first kappa shape index (κ1) is 29.3. The number of aryl methyl sites for hydroxylation is 1. The third-order valence-corrected chi connectivity index (χ3v) is 1.25. The van der Waals surface area contributed by atoms with Crippen LogP contribution in [-0.4, -0.2) is 0 Å². The lowest BCUT2D eigenvalue weighted by Gasteiger charge is -2.05. The molecular weight excluding hydrogens is 264 g/mol. The topological polar surface area (TPSA) is 0 Å². The first-order valence-electron chi connectivity index (χ1n) is 9.12. The Hall–Kier alpha value is -0.780. The van der Waals surface area contributed by atoms with Crippen LogP contribution in [0.1, 0.15) is 95.1 Å². The maximum Gasteiger partial charge on any atom is -0.0307 e. The standard InChI is InChI=1S/C8H10.C5H12.C4H10.C3H8.C2H6/c1-2-8-6-4-3-5-7-8;1-5(2,3)4;1-4(2)3;1-3-2;1-2/h3-7H,2H2,1H3;1-4H3;4H,1-3H3;3H2,1-2H3;1-2H3. The summed E-state index contributed by atoms with van der Waals surface area (Å²) in [5, 5.41) is 0. The van der Waals surface area contributed by atoms with Gasteiger partial charge in [-0.1, -0.05) is 120 Å². The van der Waals surface area contributed by atoms with Crippen molar-refractivity contribution in [1.29, 1.82) is 0 Å². The predicted octanol–water partition coefficient (Wildman–Crippen LogP) is 8.41. The van der Waals surface area contributed by atoms with E-state index in [2.05, 4.69) is 93.5 Å². The zero-order chi connectivity index (χ0) is 18.6. The van der Waals surface area contributed by atoms with Crippen molar-refractivity contribution in [3.63, 3.8) is 0 Å². The summed E-state index contributed by atoms with van der Waals surface area (Å²) in [4.78, 5) is 0. The lowest BCUT2D eigenvalue weighted by atomic mass is 10.0. The lowest BCUT2D eigenvalue weighted by molar-refractivity contribution is 0.469. The van der Waals surface area contributed by atoms with Gasteiger partial charge in [-0.05, 0) is 23.3 Å². The van der Waals surface area contributed by atoms with E-state index in [0.29, 0.717) is 5.41 Å². The summed E-state index contributed by atoms with van der Waals surface area (Å²) in [7, 11) is 0. The maximum atomic E-state index is 2.19. The molecule has 0 aromatic heterocycles. The van der Waals surface area contributed by atoms with Crippen LogP contribution in [0.4, 0.5) is 0 Å². The molecule has 1 aromatic carbocycles. The molecule has 0 aliphatic carbocycles. The Labute approximate surface area is 143 Å². The second-order valence-electron chi connectivity index (χ2n) is 7.28. The van der Waals surface area contributed by atoms with E-state index < -0.39 is 0 Å². The number of rotatable bonds is 1. The van der Waals surface area contributed by atoms with E-state index in [-0.39, 0.29) is 0 Å². The summed E-state index contributed by atoms with van der Waals surface area (Å²) < 4.78 is 0. The van der Waals surface area contributed by atoms with E-state index in [4.69, 9.17) is 0 Å². The summed E-state index contributed by atoms with van der Waals surface area (Å²) in [6, 6.07) is 10.5. The molecule has 0 atom stereocenters. The highest BCUT2D eigenvalue weighted by molar-refractivity contribution is 5.13. The molecule has 0 radical (unpaired) electrons. The van der Waals surface area contributed by atoms with Gasteiger partial charge >= 0.3 is 0 Å². The molecule has 134 valence electrons. The Morgan fingerprint density at radius 1 is 0.773 bits per heavy atom. The molecule has 0 saturated carbocycles. The Morgan fingerprint density at radius 2 is 1.00 bits per heavy atom. The summed E-state index contributed by atoms with van der Waals surface area (Å²) in [6.07, 6.45) is 2.39. The second-order valence-corrected chi connectivity index (χ2v) is 7.28. The fourth-order valence-electron chi connectivity index (χ4n) is 0.714. The monoisotopic (exact) mass is 310 g/mol. The van der Waals surface area contributed by atoms with E-state index >= 15 is 0 Å². The molecule has 0 unspecified atom stereocenters. The number of hydrogen-bond acceptors (Lipinski definition) is 0. The second kappa shape index (κ2) is 22.5. The van der Waals surface area contributed by atoms with Gasteiger partial charge in [-0.3, -0.25) is 0 Å². The fraction of sp³-hybridized carbons (Fsp3) is 0.727. The van der Waals surface area contributed by atoms with Gasteiger partial charge in [0, 0.05) is 0 Å². The minimum absolute atomic E-state index is 0.500. The Balaban J connectivity index is -0.000000102. The van der Waals surface area contributed by atoms with Gasteiger partial charge in [0.25, 0.3) is 0 Å². The molecule has 0 saturated heterocycles. The van der Waals surface area contributed by atoms with Crippen molar-refractivity contribution in [2.45, 2.75) is 95.9 Å². The molecule has 1 aromatic rings. The van der Waals surface area contributed by atoms with Crippen molar-refractivity contribution in [2.24, 2.45) is 11.3 Å². The summed E-state index contributed by atoms with van der Waals surface area (Å²) in [5.41, 5.74) is 1.91. The Kier molecular flexibility index (Phi) is 29.9. The van der Waals surface area contributed by atoms with Crippen LogP contribution in [0.25, 0.3) is 0 Å². The largest absolute Gasteiger partial charge is 0.0683 e. The van der Waals surface area contributed by atoms with Crippen LogP contribution in [0.5, 0.6) is 0 Å². The van der Waals surface area contributed by atoms with Crippen molar-refractivity contribution < 1.29 is 0 Å². The fourth-order valence-corrected chi connectivity index (χ4v) is 0.714. The molecule has 0 fully saturated rings. The molecule has 0 spiro atoms. The van der Waals surface area contributed by atoms with Gasteiger partial charge in [0.05, 0.1) is 0 Å². The molecule has 0 aliphatic heterocycles. The molecule has 0 N–H and O–H groups in total. The molecule has 0 nitrogen and oxygen atoms in total. The van der Waals surface area contributed by atoms with Crippen LogP contribution in [0.2, 0.25) is 0 Å². The van der Waals surface area contributed by atoms with Crippen LogP contribution in [0.15, 0.2) is 30.3 Å². The van der Waals surface area contributed by atoms with Crippen molar-refractivity contribution in [3.8, 4) is 0 Å². The van der Waals surface area contributed by atoms with Gasteiger partial charge in [0.15, 0.2) is 0 Å². The zero-order valence-corrected chi connectivity index (χ0v) is 17.9. The highest BCUT2D eigenvalue weighted by Gasteiger charge is 1.95. The summed E-state index contributed by atoms with van der Waals surface area (Å²) in [6.45, 7) is 25.7. The highest BCUT2D eigenvalue weighted by Crippen LogP contribution is 2.08. The molecular formula is C22H46. The van der Waals surface area contributed by atoms with Crippen LogP contribution in [0, 0.1) is 11.3 Å². The molecule has 0 heteroatoms. The maximum absolute atomic E-state index is 2.19. The van der Waals surface area contributed by atoms with E-state index in [1.54, 1.807) is 0 Å². The van der Waals surface area contributed by atoms with Gasteiger partial charge in [-0.25, -0.2) is 0 Å². The lowest BCUT2D eigenvalue weighted by Crippen LogP contribution is -1.93. The van der Waals surface area contributed by atoms with Crippen LogP contribution in [-0.2, 0) is 6.42 Å². The van der Waals surface area contributed by atoms with E-state index in [1.165, 1.54) is 12.0 Å². The molecule has 1 rings (SSSR count). The van der Waals surface area contributed by atoms with Gasteiger partial charge in [-0.2, -0.15) is 0 Å². The van der Waals surface area contributed by atoms with Gasteiger partial charge in [0.1, 0.15) is 0 Å². The normalized spacial score (nSPS) is 8.77. The quantitative estimate of drug-likeness (QED) is 0.488. The van der Waals surface area contributed by atoms with Crippen molar-refractivity contribution in [2.75, 3.05) is 0 Å². The van der Waals surface area contributed by atoms with Gasteiger partial charge in [0.2, 0.25) is 0 Å². The van der Waals surface area contributed by atoms with Gasteiger partial charge < -0.3 is 0 Å². The summed E-state index contributed by atoms with van der Waals surface area (Å²) >= 11 is 0. The first-order chi connectivity index (χ1) is 10.1. The minimum atomic E-state index is 0.500. The van der Waals surface area contributed by atoms with E-state index in [0.717, 1.165) is 12.3 Å². The SMILES string of the molecule is CC.CC(C)(C)C.CC(C)C.CCC.CCc1ccccc1. The summed E-state index contributed by atoms with van der Waals surface area (Å²) in [5.74, 6) is 0.833. The van der Waals surface area contributed by atoms with Gasteiger partial charge in [-0.15, -0.1) is 0 Å². The van der Waals surface area contributed by atoms with Crippen molar-refractivity contribution in [3.05, 3.63) is 35.9 Å². The highest BCUT2D eigenvalue weighted by atomic mass is 14.0. The van der Waals surface area contributed by atoms with E-state index in [9.17, 15) is 0 Å². The molecule has 0 heterocycles. The predicted molar refractivity (Wildman–Crippen MR) is 109 cm³/mol. The van der Waals surface area contributed by atoms with Crippen LogP contribution < -0.4 is 0 Å².